The quantitative estimate of drug-likeness (QED) is 0.636. The van der Waals surface area contributed by atoms with Gasteiger partial charge in [0.2, 0.25) is 5.91 Å². The van der Waals surface area contributed by atoms with Gasteiger partial charge in [-0.1, -0.05) is 12.1 Å². The number of rotatable bonds is 4. The van der Waals surface area contributed by atoms with Crippen LogP contribution in [0.3, 0.4) is 0 Å². The minimum atomic E-state index is -0.687. The first kappa shape index (κ1) is 13.9. The van der Waals surface area contributed by atoms with Gasteiger partial charge in [0.15, 0.2) is 0 Å². The molecule has 0 bridgehead atoms. The van der Waals surface area contributed by atoms with Crippen LogP contribution in [-0.2, 0) is 11.2 Å². The highest BCUT2D eigenvalue weighted by molar-refractivity contribution is 5.94. The van der Waals surface area contributed by atoms with Gasteiger partial charge in [0.1, 0.15) is 11.5 Å². The van der Waals surface area contributed by atoms with E-state index in [2.05, 4.69) is 5.32 Å². The van der Waals surface area contributed by atoms with Crippen LogP contribution >= 0.6 is 0 Å². The summed E-state index contributed by atoms with van der Waals surface area (Å²) in [7, 11) is 0. The highest BCUT2D eigenvalue weighted by Crippen LogP contribution is 2.15. The average molecular weight is 272 g/mol. The van der Waals surface area contributed by atoms with E-state index < -0.39 is 6.04 Å². The van der Waals surface area contributed by atoms with Crippen molar-refractivity contribution < 1.29 is 15.0 Å². The number of nitrogens with one attached hydrogen (secondary N) is 1. The van der Waals surface area contributed by atoms with Crippen molar-refractivity contribution in [3.05, 3.63) is 54.1 Å². The minimum absolute atomic E-state index is 0.136. The summed E-state index contributed by atoms with van der Waals surface area (Å²) in [5, 5.41) is 21.0. The molecule has 0 radical (unpaired) electrons. The van der Waals surface area contributed by atoms with Crippen molar-refractivity contribution in [2.45, 2.75) is 12.5 Å². The predicted molar refractivity (Wildman–Crippen MR) is 76.5 cm³/mol. The van der Waals surface area contributed by atoms with Crippen molar-refractivity contribution in [3.8, 4) is 11.5 Å². The van der Waals surface area contributed by atoms with Crippen molar-refractivity contribution in [1.82, 2.24) is 0 Å². The monoisotopic (exact) mass is 272 g/mol. The molecule has 0 saturated heterocycles. The van der Waals surface area contributed by atoms with E-state index in [0.717, 1.165) is 5.56 Å². The molecular formula is C15H16N2O3. The van der Waals surface area contributed by atoms with Crippen molar-refractivity contribution in [1.29, 1.82) is 0 Å². The molecule has 0 aliphatic carbocycles. The topological polar surface area (TPSA) is 95.6 Å². The molecule has 0 fully saturated rings. The number of carbonyl (C=O) groups is 1. The van der Waals surface area contributed by atoms with Gasteiger partial charge >= 0.3 is 0 Å². The van der Waals surface area contributed by atoms with Crippen molar-refractivity contribution in [2.24, 2.45) is 5.73 Å². The number of phenolic OH excluding ortho intramolecular Hbond substituents is 2. The third kappa shape index (κ3) is 3.73. The Kier molecular flexibility index (Phi) is 4.22. The Morgan fingerprint density at radius 1 is 1.00 bits per heavy atom. The van der Waals surface area contributed by atoms with Gasteiger partial charge in [0.25, 0.3) is 0 Å². The molecule has 0 aliphatic rings. The zero-order valence-electron chi connectivity index (χ0n) is 10.8. The Morgan fingerprint density at radius 3 is 2.05 bits per heavy atom. The van der Waals surface area contributed by atoms with Gasteiger partial charge < -0.3 is 21.3 Å². The zero-order chi connectivity index (χ0) is 14.5. The molecule has 0 aromatic heterocycles. The van der Waals surface area contributed by atoms with Crippen LogP contribution in [0.5, 0.6) is 11.5 Å². The SMILES string of the molecule is N[C@H](Cc1ccc(O)cc1)C(=O)Nc1ccc(O)cc1. The van der Waals surface area contributed by atoms with Crippen LogP contribution in [0, 0.1) is 0 Å². The molecule has 1 atom stereocenters. The van der Waals surface area contributed by atoms with E-state index in [1.165, 1.54) is 12.1 Å². The maximum Gasteiger partial charge on any atom is 0.241 e. The number of hydrogen-bond donors (Lipinski definition) is 4. The van der Waals surface area contributed by atoms with Crippen molar-refractivity contribution in [2.75, 3.05) is 5.32 Å². The van der Waals surface area contributed by atoms with Crippen LogP contribution < -0.4 is 11.1 Å². The van der Waals surface area contributed by atoms with Crippen LogP contribution in [0.4, 0.5) is 5.69 Å². The molecule has 0 unspecified atom stereocenters. The van der Waals surface area contributed by atoms with E-state index in [-0.39, 0.29) is 17.4 Å². The van der Waals surface area contributed by atoms with Crippen LogP contribution in [0.1, 0.15) is 5.56 Å². The van der Waals surface area contributed by atoms with Gasteiger partial charge in [-0.05, 0) is 48.4 Å². The molecule has 0 spiro atoms. The summed E-state index contributed by atoms with van der Waals surface area (Å²) in [6, 6.07) is 12.0. The molecule has 0 saturated carbocycles. The Balaban J connectivity index is 1.94. The molecule has 5 nitrogen and oxygen atoms in total. The number of hydrogen-bond acceptors (Lipinski definition) is 4. The molecule has 2 aromatic rings. The number of amides is 1. The summed E-state index contributed by atoms with van der Waals surface area (Å²) in [6.07, 6.45) is 0.379. The van der Waals surface area contributed by atoms with E-state index in [1.807, 2.05) is 0 Å². The first-order valence-electron chi connectivity index (χ1n) is 6.18. The maximum atomic E-state index is 11.9. The molecule has 5 N–H and O–H groups in total. The van der Waals surface area contributed by atoms with E-state index >= 15 is 0 Å². The fourth-order valence-electron chi connectivity index (χ4n) is 1.76. The molecule has 20 heavy (non-hydrogen) atoms. The van der Waals surface area contributed by atoms with Crippen LogP contribution in [0.15, 0.2) is 48.5 Å². The fourth-order valence-corrected chi connectivity index (χ4v) is 1.76. The normalized spacial score (nSPS) is 11.8. The van der Waals surface area contributed by atoms with Gasteiger partial charge in [0, 0.05) is 5.69 Å². The summed E-state index contributed by atoms with van der Waals surface area (Å²) < 4.78 is 0. The summed E-state index contributed by atoms with van der Waals surface area (Å²) in [5.74, 6) is 0.0102. The summed E-state index contributed by atoms with van der Waals surface area (Å²) in [5.41, 5.74) is 7.29. The smallest absolute Gasteiger partial charge is 0.241 e. The second-order valence-corrected chi connectivity index (χ2v) is 4.51. The van der Waals surface area contributed by atoms with Crippen LogP contribution in [-0.4, -0.2) is 22.2 Å². The lowest BCUT2D eigenvalue weighted by Gasteiger charge is -2.12. The van der Waals surface area contributed by atoms with E-state index in [1.54, 1.807) is 36.4 Å². The molecule has 5 heteroatoms. The van der Waals surface area contributed by atoms with Crippen molar-refractivity contribution >= 4 is 11.6 Å². The number of anilines is 1. The highest BCUT2D eigenvalue weighted by Gasteiger charge is 2.14. The average Bonchev–Trinajstić information content (AvgIpc) is 2.44. The van der Waals surface area contributed by atoms with Gasteiger partial charge in [-0.3, -0.25) is 4.79 Å². The molecule has 104 valence electrons. The minimum Gasteiger partial charge on any atom is -0.508 e. The maximum absolute atomic E-state index is 11.9. The molecule has 0 heterocycles. The Bertz CT molecular complexity index is 579. The molecular weight excluding hydrogens is 256 g/mol. The molecule has 1 amide bonds. The number of carbonyl (C=O) groups excluding carboxylic acids is 1. The Labute approximate surface area is 116 Å². The predicted octanol–water partition coefficient (Wildman–Crippen LogP) is 1.61. The standard InChI is InChI=1S/C15H16N2O3/c16-14(9-10-1-5-12(18)6-2-10)15(20)17-11-3-7-13(19)8-4-11/h1-8,14,18-19H,9,16H2,(H,17,20)/t14-/m1/s1. The number of aromatic hydroxyl groups is 2. The van der Waals surface area contributed by atoms with Crippen LogP contribution in [0.25, 0.3) is 0 Å². The lowest BCUT2D eigenvalue weighted by atomic mass is 10.1. The van der Waals surface area contributed by atoms with E-state index in [4.69, 9.17) is 10.8 Å². The van der Waals surface area contributed by atoms with Gasteiger partial charge in [-0.2, -0.15) is 0 Å². The summed E-state index contributed by atoms with van der Waals surface area (Å²) in [6.45, 7) is 0. The van der Waals surface area contributed by atoms with E-state index in [9.17, 15) is 9.90 Å². The Morgan fingerprint density at radius 2 is 1.50 bits per heavy atom. The van der Waals surface area contributed by atoms with Crippen LogP contribution in [0.2, 0.25) is 0 Å². The zero-order valence-corrected chi connectivity index (χ0v) is 10.8. The van der Waals surface area contributed by atoms with Gasteiger partial charge in [-0.15, -0.1) is 0 Å². The number of benzene rings is 2. The van der Waals surface area contributed by atoms with E-state index in [0.29, 0.717) is 12.1 Å². The van der Waals surface area contributed by atoms with Crippen molar-refractivity contribution in [3.63, 3.8) is 0 Å². The fraction of sp³-hybridized carbons (Fsp3) is 0.133. The number of nitrogens with two attached hydrogens (primary N) is 1. The number of phenols is 2. The summed E-state index contributed by atoms with van der Waals surface area (Å²) >= 11 is 0. The highest BCUT2D eigenvalue weighted by atomic mass is 16.3. The second kappa shape index (κ2) is 6.08. The van der Waals surface area contributed by atoms with Gasteiger partial charge in [-0.25, -0.2) is 0 Å². The first-order chi connectivity index (χ1) is 9.54. The molecule has 0 aliphatic heterocycles. The lowest BCUT2D eigenvalue weighted by Crippen LogP contribution is -2.37. The molecule has 2 aromatic carbocycles. The summed E-state index contributed by atoms with van der Waals surface area (Å²) in [4.78, 5) is 11.9. The molecule has 2 rings (SSSR count). The second-order valence-electron chi connectivity index (χ2n) is 4.51. The largest absolute Gasteiger partial charge is 0.508 e. The Hall–Kier alpha value is -2.53. The lowest BCUT2D eigenvalue weighted by molar-refractivity contribution is -0.117. The third-order valence-corrected chi connectivity index (χ3v) is 2.86. The van der Waals surface area contributed by atoms with Gasteiger partial charge in [0.05, 0.1) is 6.04 Å². The third-order valence-electron chi connectivity index (χ3n) is 2.86. The first-order valence-corrected chi connectivity index (χ1v) is 6.18.